The average molecular weight is 334 g/mol. The quantitative estimate of drug-likeness (QED) is 0.724. The lowest BCUT2D eigenvalue weighted by Gasteiger charge is -2.30. The number of amides is 2. The van der Waals surface area contributed by atoms with Gasteiger partial charge in [0.25, 0.3) is 5.56 Å². The molecule has 0 radical (unpaired) electrons. The highest BCUT2D eigenvalue weighted by atomic mass is 16.2. The van der Waals surface area contributed by atoms with E-state index < -0.39 is 11.2 Å². The Bertz CT molecular complexity index is 782. The molecule has 1 aromatic rings. The van der Waals surface area contributed by atoms with Crippen molar-refractivity contribution in [2.45, 2.75) is 12.8 Å². The minimum Gasteiger partial charge on any atom is -0.359 e. The van der Waals surface area contributed by atoms with Gasteiger partial charge in [-0.1, -0.05) is 0 Å². The molecule has 1 fully saturated rings. The molecule has 1 aliphatic heterocycles. The maximum Gasteiger partial charge on any atom is 0.330 e. The smallest absolute Gasteiger partial charge is 0.330 e. The zero-order valence-corrected chi connectivity index (χ0v) is 14.1. The average Bonchev–Trinajstić information content (AvgIpc) is 2.61. The van der Waals surface area contributed by atoms with Crippen LogP contribution in [-0.4, -0.2) is 46.0 Å². The number of nitrogens with zero attached hydrogens (tertiary/aromatic N) is 3. The van der Waals surface area contributed by atoms with Crippen LogP contribution in [0.5, 0.6) is 0 Å². The summed E-state index contributed by atoms with van der Waals surface area (Å²) in [6.45, 7) is 1.01. The van der Waals surface area contributed by atoms with Crippen molar-refractivity contribution in [3.05, 3.63) is 38.7 Å². The van der Waals surface area contributed by atoms with E-state index in [-0.39, 0.29) is 23.3 Å². The van der Waals surface area contributed by atoms with E-state index in [2.05, 4.69) is 5.32 Å². The predicted octanol–water partition coefficient (Wildman–Crippen LogP) is -0.918. The number of aryl methyl sites for hydroxylation is 1. The first-order chi connectivity index (χ1) is 11.3. The first-order valence-corrected chi connectivity index (χ1v) is 7.80. The Labute approximate surface area is 139 Å². The van der Waals surface area contributed by atoms with E-state index >= 15 is 0 Å². The summed E-state index contributed by atoms with van der Waals surface area (Å²) >= 11 is 0. The van der Waals surface area contributed by atoms with E-state index in [9.17, 15) is 19.2 Å². The van der Waals surface area contributed by atoms with Crippen molar-refractivity contribution < 1.29 is 9.59 Å². The molecule has 0 bridgehead atoms. The number of rotatable bonds is 3. The fraction of sp³-hybridized carbons (Fsp3) is 0.500. The second-order valence-corrected chi connectivity index (χ2v) is 5.89. The largest absolute Gasteiger partial charge is 0.359 e. The number of carbonyl (C=O) groups is 2. The van der Waals surface area contributed by atoms with Crippen molar-refractivity contribution in [1.82, 2.24) is 19.4 Å². The van der Waals surface area contributed by atoms with Crippen LogP contribution in [0.2, 0.25) is 0 Å². The molecular weight excluding hydrogens is 312 g/mol. The normalized spacial score (nSPS) is 15.7. The van der Waals surface area contributed by atoms with Crippen molar-refractivity contribution >= 4 is 17.9 Å². The van der Waals surface area contributed by atoms with Crippen LogP contribution in [0.15, 0.2) is 21.9 Å². The fourth-order valence-corrected chi connectivity index (χ4v) is 2.78. The fourth-order valence-electron chi connectivity index (χ4n) is 2.78. The molecule has 8 heteroatoms. The number of carbonyl (C=O) groups excluding carboxylic acids is 2. The Morgan fingerprint density at radius 3 is 2.42 bits per heavy atom. The molecule has 0 aliphatic carbocycles. The summed E-state index contributed by atoms with van der Waals surface area (Å²) in [6.07, 6.45) is 5.42. The first-order valence-electron chi connectivity index (χ1n) is 7.80. The van der Waals surface area contributed by atoms with Gasteiger partial charge in [-0.25, -0.2) is 4.79 Å². The summed E-state index contributed by atoms with van der Waals surface area (Å²) in [4.78, 5) is 49.1. The maximum atomic E-state index is 12.2. The van der Waals surface area contributed by atoms with Crippen molar-refractivity contribution in [2.75, 3.05) is 20.1 Å². The number of aromatic nitrogens is 2. The number of likely N-dealkylation sites (tertiary alicyclic amines) is 1. The molecule has 2 rings (SSSR count). The van der Waals surface area contributed by atoms with Crippen LogP contribution in [0.1, 0.15) is 18.4 Å². The SMILES string of the molecule is CNC(=O)C1CCN(C(=O)/C=C/c2cn(C)c(=O)n(C)c2=O)CC1. The molecule has 0 unspecified atom stereocenters. The molecule has 0 atom stereocenters. The highest BCUT2D eigenvalue weighted by molar-refractivity contribution is 5.92. The third-order valence-corrected chi connectivity index (χ3v) is 4.30. The molecule has 1 N–H and O–H groups in total. The minimum absolute atomic E-state index is 0.00587. The van der Waals surface area contributed by atoms with Gasteiger partial charge in [-0.2, -0.15) is 0 Å². The summed E-state index contributed by atoms with van der Waals surface area (Å²) < 4.78 is 2.29. The van der Waals surface area contributed by atoms with Crippen LogP contribution < -0.4 is 16.6 Å². The van der Waals surface area contributed by atoms with Gasteiger partial charge in [0.05, 0.1) is 5.56 Å². The lowest BCUT2D eigenvalue weighted by atomic mass is 9.96. The van der Waals surface area contributed by atoms with Gasteiger partial charge in [0.1, 0.15) is 0 Å². The zero-order valence-electron chi connectivity index (χ0n) is 14.1. The molecule has 0 aromatic carbocycles. The van der Waals surface area contributed by atoms with Crippen LogP contribution in [0.3, 0.4) is 0 Å². The topological polar surface area (TPSA) is 93.4 Å². The standard InChI is InChI=1S/C16H22N4O4/c1-17-14(22)11-6-8-20(9-7-11)13(21)5-4-12-10-18(2)16(24)19(3)15(12)23/h4-5,10-11H,6-9H2,1-3H3,(H,17,22)/b5-4+. The number of nitrogens with one attached hydrogen (secondary N) is 1. The minimum atomic E-state index is -0.444. The Hall–Kier alpha value is -2.64. The van der Waals surface area contributed by atoms with Gasteiger partial charge in [0.15, 0.2) is 0 Å². The summed E-state index contributed by atoms with van der Waals surface area (Å²) in [5, 5.41) is 2.63. The molecule has 130 valence electrons. The monoisotopic (exact) mass is 334 g/mol. The molecular formula is C16H22N4O4. The zero-order chi connectivity index (χ0) is 17.9. The van der Waals surface area contributed by atoms with E-state index in [1.54, 1.807) is 19.0 Å². The molecule has 2 amide bonds. The van der Waals surface area contributed by atoms with Crippen molar-refractivity contribution in [2.24, 2.45) is 20.0 Å². The Morgan fingerprint density at radius 1 is 1.21 bits per heavy atom. The molecule has 1 saturated heterocycles. The van der Waals surface area contributed by atoms with Gasteiger partial charge in [-0.3, -0.25) is 19.0 Å². The Balaban J connectivity index is 2.06. The molecule has 1 aliphatic rings. The van der Waals surface area contributed by atoms with E-state index in [1.807, 2.05) is 0 Å². The lowest BCUT2D eigenvalue weighted by molar-refractivity contribution is -0.131. The molecule has 0 saturated carbocycles. The van der Waals surface area contributed by atoms with Crippen molar-refractivity contribution in [3.8, 4) is 0 Å². The van der Waals surface area contributed by atoms with Gasteiger partial charge >= 0.3 is 5.69 Å². The summed E-state index contributed by atoms with van der Waals surface area (Å²) in [5.74, 6) is -0.258. The van der Waals surface area contributed by atoms with Crippen LogP contribution in [0, 0.1) is 5.92 Å². The van der Waals surface area contributed by atoms with Crippen LogP contribution in [0.25, 0.3) is 6.08 Å². The van der Waals surface area contributed by atoms with Crippen LogP contribution >= 0.6 is 0 Å². The summed E-state index contributed by atoms with van der Waals surface area (Å²) in [7, 11) is 4.55. The number of piperidine rings is 1. The Kier molecular flexibility index (Phi) is 5.38. The van der Waals surface area contributed by atoms with E-state index in [4.69, 9.17) is 0 Å². The van der Waals surface area contributed by atoms with Gasteiger partial charge in [0.2, 0.25) is 11.8 Å². The Morgan fingerprint density at radius 2 is 1.83 bits per heavy atom. The second kappa shape index (κ2) is 7.29. The number of hydrogen-bond donors (Lipinski definition) is 1. The van der Waals surface area contributed by atoms with Crippen LogP contribution in [0.4, 0.5) is 0 Å². The molecule has 0 spiro atoms. The predicted molar refractivity (Wildman–Crippen MR) is 89.3 cm³/mol. The summed E-state index contributed by atoms with van der Waals surface area (Å²) in [5.41, 5.74) is -0.589. The lowest BCUT2D eigenvalue weighted by Crippen LogP contribution is -2.41. The number of hydrogen-bond acceptors (Lipinski definition) is 4. The van der Waals surface area contributed by atoms with E-state index in [1.165, 1.54) is 30.0 Å². The third-order valence-electron chi connectivity index (χ3n) is 4.30. The van der Waals surface area contributed by atoms with E-state index in [0.29, 0.717) is 25.9 Å². The van der Waals surface area contributed by atoms with Gasteiger partial charge in [0, 0.05) is 52.4 Å². The summed E-state index contributed by atoms with van der Waals surface area (Å²) in [6, 6.07) is 0. The van der Waals surface area contributed by atoms with Gasteiger partial charge in [-0.15, -0.1) is 0 Å². The highest BCUT2D eigenvalue weighted by Crippen LogP contribution is 2.17. The molecule has 24 heavy (non-hydrogen) atoms. The van der Waals surface area contributed by atoms with Crippen LogP contribution in [-0.2, 0) is 23.7 Å². The molecule has 2 heterocycles. The molecule has 1 aromatic heterocycles. The maximum absolute atomic E-state index is 12.2. The highest BCUT2D eigenvalue weighted by Gasteiger charge is 2.25. The van der Waals surface area contributed by atoms with Gasteiger partial charge in [-0.05, 0) is 18.9 Å². The van der Waals surface area contributed by atoms with Crippen molar-refractivity contribution in [1.29, 1.82) is 0 Å². The van der Waals surface area contributed by atoms with Crippen molar-refractivity contribution in [3.63, 3.8) is 0 Å². The molecule has 8 nitrogen and oxygen atoms in total. The first kappa shape index (κ1) is 17.7. The van der Waals surface area contributed by atoms with Gasteiger partial charge < -0.3 is 14.8 Å². The third kappa shape index (κ3) is 3.64. The van der Waals surface area contributed by atoms with E-state index in [0.717, 1.165) is 4.57 Å². The second-order valence-electron chi connectivity index (χ2n) is 5.89.